The lowest BCUT2D eigenvalue weighted by Crippen LogP contribution is -2.37. The van der Waals surface area contributed by atoms with Crippen molar-refractivity contribution in [1.29, 1.82) is 0 Å². The minimum absolute atomic E-state index is 0.789. The van der Waals surface area contributed by atoms with Gasteiger partial charge in [0, 0.05) is 29.0 Å². The number of aryl methyl sites for hydroxylation is 3. The second kappa shape index (κ2) is 6.60. The lowest BCUT2D eigenvalue weighted by Gasteiger charge is -2.29. The Kier molecular flexibility index (Phi) is 4.76. The Morgan fingerprint density at radius 2 is 2.09 bits per heavy atom. The normalized spacial score (nSPS) is 19.9. The van der Waals surface area contributed by atoms with Crippen LogP contribution < -0.4 is 5.32 Å². The Morgan fingerprint density at radius 3 is 2.86 bits per heavy atom. The molecule has 0 aromatic carbocycles. The summed E-state index contributed by atoms with van der Waals surface area (Å²) in [6.45, 7) is 10.8. The molecule has 1 unspecified atom stereocenters. The predicted octanol–water partition coefficient (Wildman–Crippen LogP) is 3.05. The molecule has 3 rings (SSSR count). The van der Waals surface area contributed by atoms with Gasteiger partial charge in [0.05, 0.1) is 0 Å². The van der Waals surface area contributed by atoms with Crippen molar-refractivity contribution < 1.29 is 0 Å². The minimum atomic E-state index is 0.789. The van der Waals surface area contributed by atoms with E-state index in [9.17, 15) is 0 Å². The van der Waals surface area contributed by atoms with Crippen molar-refractivity contribution in [1.82, 2.24) is 20.2 Å². The molecule has 2 aromatic rings. The van der Waals surface area contributed by atoms with E-state index in [2.05, 4.69) is 41.1 Å². The largest absolute Gasteiger partial charge is 0.312 e. The molecule has 1 fully saturated rings. The van der Waals surface area contributed by atoms with Gasteiger partial charge in [0.1, 0.15) is 10.7 Å². The minimum Gasteiger partial charge on any atom is -0.312 e. The zero-order chi connectivity index (χ0) is 15.7. The SMILES string of the molecule is Cc1nc(C)c2c(C)c(CNCC3CCCN(C)C3)sc2n1. The maximum absolute atomic E-state index is 4.60. The van der Waals surface area contributed by atoms with Crippen LogP contribution in [0, 0.1) is 26.7 Å². The molecule has 2 aromatic heterocycles. The van der Waals surface area contributed by atoms with E-state index in [-0.39, 0.29) is 0 Å². The van der Waals surface area contributed by atoms with E-state index < -0.39 is 0 Å². The molecule has 1 atom stereocenters. The fraction of sp³-hybridized carbons (Fsp3) is 0.647. The Labute approximate surface area is 137 Å². The summed E-state index contributed by atoms with van der Waals surface area (Å²) in [6.07, 6.45) is 2.69. The highest BCUT2D eigenvalue weighted by Crippen LogP contribution is 2.31. The van der Waals surface area contributed by atoms with E-state index in [0.29, 0.717) is 0 Å². The maximum Gasteiger partial charge on any atom is 0.127 e. The van der Waals surface area contributed by atoms with Crippen LogP contribution in [0.15, 0.2) is 0 Å². The molecule has 0 bridgehead atoms. The van der Waals surface area contributed by atoms with Crippen molar-refractivity contribution in [2.45, 2.75) is 40.2 Å². The van der Waals surface area contributed by atoms with Crippen molar-refractivity contribution in [3.8, 4) is 0 Å². The summed E-state index contributed by atoms with van der Waals surface area (Å²) in [6, 6.07) is 0. The Hall–Kier alpha value is -1.04. The number of hydrogen-bond donors (Lipinski definition) is 1. The summed E-state index contributed by atoms with van der Waals surface area (Å²) in [4.78, 5) is 14.1. The van der Waals surface area contributed by atoms with Crippen LogP contribution in [0.5, 0.6) is 0 Å². The summed E-state index contributed by atoms with van der Waals surface area (Å²) in [5, 5.41) is 4.92. The van der Waals surface area contributed by atoms with Crippen LogP contribution in [-0.4, -0.2) is 41.5 Å². The first kappa shape index (κ1) is 15.8. The van der Waals surface area contributed by atoms with Gasteiger partial charge in [0.2, 0.25) is 0 Å². The lowest BCUT2D eigenvalue weighted by atomic mass is 9.98. The molecule has 22 heavy (non-hydrogen) atoms. The van der Waals surface area contributed by atoms with Gasteiger partial charge in [0.15, 0.2) is 0 Å². The molecule has 0 radical (unpaired) electrons. The molecule has 1 N–H and O–H groups in total. The molecule has 0 saturated carbocycles. The summed E-state index contributed by atoms with van der Waals surface area (Å²) in [5.41, 5.74) is 2.46. The summed E-state index contributed by atoms with van der Waals surface area (Å²) < 4.78 is 0. The fourth-order valence-electron chi connectivity index (χ4n) is 3.52. The molecule has 0 amide bonds. The van der Waals surface area contributed by atoms with E-state index in [0.717, 1.165) is 35.4 Å². The lowest BCUT2D eigenvalue weighted by molar-refractivity contribution is 0.206. The third kappa shape index (κ3) is 3.31. The van der Waals surface area contributed by atoms with Gasteiger partial charge in [-0.05, 0) is 65.2 Å². The highest BCUT2D eigenvalue weighted by Gasteiger charge is 2.17. The number of rotatable bonds is 4. The van der Waals surface area contributed by atoms with E-state index >= 15 is 0 Å². The van der Waals surface area contributed by atoms with Crippen molar-refractivity contribution in [2.24, 2.45) is 5.92 Å². The molecule has 0 aliphatic carbocycles. The first-order valence-electron chi connectivity index (χ1n) is 8.17. The summed E-state index contributed by atoms with van der Waals surface area (Å²) >= 11 is 1.82. The number of nitrogens with zero attached hydrogens (tertiary/aromatic N) is 3. The van der Waals surface area contributed by atoms with Crippen molar-refractivity contribution in [2.75, 3.05) is 26.7 Å². The molecule has 1 aliphatic heterocycles. The molecule has 0 spiro atoms. The monoisotopic (exact) mass is 318 g/mol. The molecule has 120 valence electrons. The zero-order valence-electron chi connectivity index (χ0n) is 14.1. The van der Waals surface area contributed by atoms with Gasteiger partial charge in [-0.15, -0.1) is 11.3 Å². The number of aromatic nitrogens is 2. The molecular weight excluding hydrogens is 292 g/mol. The standard InChI is InChI=1S/C17H26N4S/c1-11-15(9-18-8-14-6-5-7-21(4)10-14)22-17-16(11)12(2)19-13(3)20-17/h14,18H,5-10H2,1-4H3. The van der Waals surface area contributed by atoms with Crippen LogP contribution in [0.4, 0.5) is 0 Å². The first-order valence-corrected chi connectivity index (χ1v) is 8.98. The maximum atomic E-state index is 4.60. The number of nitrogens with one attached hydrogen (secondary N) is 1. The van der Waals surface area contributed by atoms with Crippen LogP contribution in [0.3, 0.4) is 0 Å². The van der Waals surface area contributed by atoms with E-state index in [1.807, 2.05) is 18.3 Å². The molecule has 1 saturated heterocycles. The van der Waals surface area contributed by atoms with Crippen LogP contribution in [0.2, 0.25) is 0 Å². The van der Waals surface area contributed by atoms with Crippen LogP contribution >= 0.6 is 11.3 Å². The van der Waals surface area contributed by atoms with Gasteiger partial charge in [-0.1, -0.05) is 0 Å². The van der Waals surface area contributed by atoms with E-state index in [1.54, 1.807) is 0 Å². The Morgan fingerprint density at radius 1 is 1.27 bits per heavy atom. The van der Waals surface area contributed by atoms with Crippen molar-refractivity contribution >= 4 is 21.6 Å². The van der Waals surface area contributed by atoms with Gasteiger partial charge in [-0.25, -0.2) is 9.97 Å². The summed E-state index contributed by atoms with van der Waals surface area (Å²) in [5.74, 6) is 1.66. The molecule has 5 heteroatoms. The van der Waals surface area contributed by atoms with Gasteiger partial charge in [0.25, 0.3) is 0 Å². The Balaban J connectivity index is 1.66. The number of thiophene rings is 1. The van der Waals surface area contributed by atoms with E-state index in [1.165, 1.54) is 41.8 Å². The highest BCUT2D eigenvalue weighted by atomic mass is 32.1. The van der Waals surface area contributed by atoms with Crippen molar-refractivity contribution in [3.05, 3.63) is 22.0 Å². The average Bonchev–Trinajstić information content (AvgIpc) is 2.75. The average molecular weight is 318 g/mol. The van der Waals surface area contributed by atoms with E-state index in [4.69, 9.17) is 0 Å². The number of fused-ring (bicyclic) bond motifs is 1. The zero-order valence-corrected chi connectivity index (χ0v) is 14.9. The second-order valence-corrected chi connectivity index (χ2v) is 7.67. The summed E-state index contributed by atoms with van der Waals surface area (Å²) in [7, 11) is 2.23. The highest BCUT2D eigenvalue weighted by molar-refractivity contribution is 7.18. The van der Waals surface area contributed by atoms with Crippen LogP contribution in [0.25, 0.3) is 10.2 Å². The predicted molar refractivity (Wildman–Crippen MR) is 93.6 cm³/mol. The third-order valence-electron chi connectivity index (χ3n) is 4.62. The van der Waals surface area contributed by atoms with Crippen LogP contribution in [-0.2, 0) is 6.54 Å². The van der Waals surface area contributed by atoms with Gasteiger partial charge < -0.3 is 10.2 Å². The topological polar surface area (TPSA) is 41.1 Å². The molecule has 1 aliphatic rings. The molecular formula is C17H26N4S. The fourth-order valence-corrected chi connectivity index (χ4v) is 4.76. The van der Waals surface area contributed by atoms with Gasteiger partial charge in [-0.3, -0.25) is 0 Å². The number of piperidine rings is 1. The Bertz CT molecular complexity index is 664. The first-order chi connectivity index (χ1) is 10.5. The van der Waals surface area contributed by atoms with Gasteiger partial charge in [-0.2, -0.15) is 0 Å². The third-order valence-corrected chi connectivity index (χ3v) is 5.81. The second-order valence-electron chi connectivity index (χ2n) is 6.59. The quantitative estimate of drug-likeness (QED) is 0.941. The number of likely N-dealkylation sites (tertiary alicyclic amines) is 1. The van der Waals surface area contributed by atoms with Crippen molar-refractivity contribution in [3.63, 3.8) is 0 Å². The molecule has 3 heterocycles. The number of hydrogen-bond acceptors (Lipinski definition) is 5. The van der Waals surface area contributed by atoms with Gasteiger partial charge >= 0.3 is 0 Å². The molecule has 4 nitrogen and oxygen atoms in total. The van der Waals surface area contributed by atoms with Crippen LogP contribution in [0.1, 0.15) is 34.8 Å². The smallest absolute Gasteiger partial charge is 0.127 e.